The normalized spacial score (nSPS) is 10.6. The van der Waals surface area contributed by atoms with Crippen LogP contribution in [0.2, 0.25) is 0 Å². The van der Waals surface area contributed by atoms with Crippen molar-refractivity contribution in [2.24, 2.45) is 0 Å². The summed E-state index contributed by atoms with van der Waals surface area (Å²) < 4.78 is 10.5. The van der Waals surface area contributed by atoms with Crippen LogP contribution in [-0.4, -0.2) is 36.7 Å². The van der Waals surface area contributed by atoms with Gasteiger partial charge in [0.05, 0.1) is 11.1 Å². The molecule has 0 amide bonds. The van der Waals surface area contributed by atoms with Crippen LogP contribution in [0, 0.1) is 0 Å². The van der Waals surface area contributed by atoms with E-state index in [9.17, 15) is 19.2 Å². The topological polar surface area (TPSA) is 86.7 Å². The highest BCUT2D eigenvalue weighted by Crippen LogP contribution is 2.22. The third-order valence-corrected chi connectivity index (χ3v) is 7.82. The second-order valence-corrected chi connectivity index (χ2v) is 11.0. The molecule has 6 heteroatoms. The minimum atomic E-state index is -0.600. The van der Waals surface area contributed by atoms with E-state index in [4.69, 9.17) is 9.47 Å². The molecule has 6 rings (SSSR count). The van der Waals surface area contributed by atoms with E-state index in [1.807, 2.05) is 84.9 Å². The van der Waals surface area contributed by atoms with Gasteiger partial charge in [0.1, 0.15) is 13.2 Å². The summed E-state index contributed by atoms with van der Waals surface area (Å²) >= 11 is 0. The first-order valence-electron chi connectivity index (χ1n) is 15.4. The number of benzene rings is 6. The second-order valence-electron chi connectivity index (χ2n) is 11.0. The predicted molar refractivity (Wildman–Crippen MR) is 184 cm³/mol. The van der Waals surface area contributed by atoms with Gasteiger partial charge in [0.15, 0.2) is 11.6 Å². The van der Waals surface area contributed by atoms with Crippen LogP contribution < -0.4 is 0 Å². The van der Waals surface area contributed by atoms with Crippen molar-refractivity contribution in [2.75, 3.05) is 13.2 Å². The van der Waals surface area contributed by atoms with E-state index < -0.39 is 11.9 Å². The fraction of sp³-hybridized carbons (Fsp3) is 0.0476. The predicted octanol–water partition coefficient (Wildman–Crippen LogP) is 8.50. The van der Waals surface area contributed by atoms with Gasteiger partial charge < -0.3 is 9.47 Å². The Morgan fingerprint density at radius 3 is 0.875 bits per heavy atom. The molecule has 6 nitrogen and oxygen atoms in total. The van der Waals surface area contributed by atoms with Crippen LogP contribution in [0.25, 0.3) is 22.3 Å². The smallest absolute Gasteiger partial charge is 0.338 e. The quantitative estimate of drug-likeness (QED) is 0.0811. The molecular weight excluding hydrogens is 600 g/mol. The van der Waals surface area contributed by atoms with E-state index in [1.54, 1.807) is 48.5 Å². The van der Waals surface area contributed by atoms with Gasteiger partial charge in [0, 0.05) is 22.3 Å². The molecule has 0 bridgehead atoms. The van der Waals surface area contributed by atoms with Gasteiger partial charge in [-0.3, -0.25) is 9.59 Å². The molecule has 0 saturated carbocycles. The van der Waals surface area contributed by atoms with E-state index >= 15 is 0 Å². The van der Waals surface area contributed by atoms with E-state index in [2.05, 4.69) is 0 Å². The number of rotatable bonds is 11. The number of carbonyl (C=O) groups is 4. The highest BCUT2D eigenvalue weighted by Gasteiger charge is 2.15. The molecule has 0 aliphatic heterocycles. The van der Waals surface area contributed by atoms with Gasteiger partial charge in [-0.1, -0.05) is 133 Å². The summed E-state index contributed by atoms with van der Waals surface area (Å²) in [7, 11) is 0. The molecular formula is C42H30O6. The van der Waals surface area contributed by atoms with Crippen molar-refractivity contribution in [1.82, 2.24) is 0 Å². The third-order valence-electron chi connectivity index (χ3n) is 7.82. The number of ether oxygens (including phenoxy) is 2. The van der Waals surface area contributed by atoms with Crippen LogP contribution in [-0.2, 0) is 9.47 Å². The number of hydrogen-bond donors (Lipinski definition) is 0. The van der Waals surface area contributed by atoms with E-state index in [0.717, 1.165) is 22.3 Å². The first kappa shape index (κ1) is 31.6. The molecule has 6 aromatic rings. The summed E-state index contributed by atoms with van der Waals surface area (Å²) in [4.78, 5) is 50.9. The summed E-state index contributed by atoms with van der Waals surface area (Å²) in [5, 5.41) is 0. The number of hydrogen-bond acceptors (Lipinski definition) is 6. The Balaban J connectivity index is 0.956. The molecule has 6 aromatic carbocycles. The molecule has 48 heavy (non-hydrogen) atoms. The lowest BCUT2D eigenvalue weighted by atomic mass is 9.99. The fourth-order valence-corrected chi connectivity index (χ4v) is 5.17. The third kappa shape index (κ3) is 7.52. The highest BCUT2D eigenvalue weighted by atomic mass is 16.6. The Hall–Kier alpha value is -6.40. The van der Waals surface area contributed by atoms with Gasteiger partial charge in [0.2, 0.25) is 0 Å². The van der Waals surface area contributed by atoms with E-state index in [0.29, 0.717) is 22.3 Å². The van der Waals surface area contributed by atoms with E-state index in [1.165, 1.54) is 24.3 Å². The van der Waals surface area contributed by atoms with Crippen molar-refractivity contribution in [3.05, 3.63) is 191 Å². The van der Waals surface area contributed by atoms with Gasteiger partial charge in [-0.05, 0) is 46.5 Å². The van der Waals surface area contributed by atoms with Gasteiger partial charge in [-0.15, -0.1) is 0 Å². The Morgan fingerprint density at radius 2 is 0.562 bits per heavy atom. The minimum Gasteiger partial charge on any atom is -0.458 e. The molecule has 234 valence electrons. The van der Waals surface area contributed by atoms with Gasteiger partial charge in [-0.25, -0.2) is 9.59 Å². The maximum absolute atomic E-state index is 13.0. The summed E-state index contributed by atoms with van der Waals surface area (Å²) in [6.45, 7) is -0.289. The number of ketones is 2. The zero-order chi connectivity index (χ0) is 33.3. The molecule has 0 fully saturated rings. The van der Waals surface area contributed by atoms with Gasteiger partial charge >= 0.3 is 11.9 Å². The SMILES string of the molecule is O=C(OCCOC(=O)c1ccc(C(=O)c2ccc(-c3ccccc3)cc2)cc1)c1ccc(C(=O)c2ccc(-c3ccccc3)cc2)cc1. The monoisotopic (exact) mass is 630 g/mol. The lowest BCUT2D eigenvalue weighted by Gasteiger charge is -2.08. The maximum Gasteiger partial charge on any atom is 0.338 e. The first-order chi connectivity index (χ1) is 23.5. The maximum atomic E-state index is 13.0. The van der Waals surface area contributed by atoms with E-state index in [-0.39, 0.29) is 35.9 Å². The molecule has 0 radical (unpaired) electrons. The molecule has 0 unspecified atom stereocenters. The summed E-state index contributed by atoms with van der Waals surface area (Å²) in [5.74, 6) is -1.51. The largest absolute Gasteiger partial charge is 0.458 e. The van der Waals surface area contributed by atoms with Crippen molar-refractivity contribution in [3.63, 3.8) is 0 Å². The first-order valence-corrected chi connectivity index (χ1v) is 15.4. The van der Waals surface area contributed by atoms with Crippen molar-refractivity contribution in [3.8, 4) is 22.3 Å². The molecule has 0 N–H and O–H groups in total. The van der Waals surface area contributed by atoms with Crippen LogP contribution >= 0.6 is 0 Å². The van der Waals surface area contributed by atoms with Crippen molar-refractivity contribution in [1.29, 1.82) is 0 Å². The van der Waals surface area contributed by atoms with Crippen molar-refractivity contribution < 1.29 is 28.7 Å². The van der Waals surface area contributed by atoms with Crippen LogP contribution in [0.1, 0.15) is 52.6 Å². The van der Waals surface area contributed by atoms with Crippen molar-refractivity contribution in [2.45, 2.75) is 0 Å². The molecule has 0 spiro atoms. The molecule has 0 atom stereocenters. The fourth-order valence-electron chi connectivity index (χ4n) is 5.17. The molecule has 0 saturated heterocycles. The molecule has 0 aliphatic carbocycles. The Bertz CT molecular complexity index is 1880. The summed E-state index contributed by atoms with van der Waals surface area (Å²) in [6.07, 6.45) is 0. The Kier molecular flexibility index (Phi) is 9.73. The van der Waals surface area contributed by atoms with Crippen LogP contribution in [0.3, 0.4) is 0 Å². The molecule has 0 aromatic heterocycles. The van der Waals surface area contributed by atoms with Gasteiger partial charge in [-0.2, -0.15) is 0 Å². The second kappa shape index (κ2) is 14.8. The molecule has 0 aliphatic rings. The Labute approximate surface area is 278 Å². The molecule has 0 heterocycles. The average Bonchev–Trinajstić information content (AvgIpc) is 3.16. The van der Waals surface area contributed by atoms with Crippen LogP contribution in [0.4, 0.5) is 0 Å². The standard InChI is InChI=1S/C42H30O6/c43-39(33-15-11-31(12-16-33)29-7-3-1-4-8-29)35-19-23-37(24-20-35)41(45)47-27-28-48-42(46)38-25-21-36(22-26-38)40(44)34-17-13-32(14-18-34)30-9-5-2-6-10-30/h1-26H,27-28H2. The summed E-state index contributed by atoms with van der Waals surface area (Å²) in [6, 6.07) is 47.0. The summed E-state index contributed by atoms with van der Waals surface area (Å²) in [5.41, 5.74) is 6.69. The number of esters is 2. The lowest BCUT2D eigenvalue weighted by Crippen LogP contribution is -2.14. The minimum absolute atomic E-state index is 0.144. The zero-order valence-electron chi connectivity index (χ0n) is 25.9. The lowest BCUT2D eigenvalue weighted by molar-refractivity contribution is 0.0265. The van der Waals surface area contributed by atoms with Crippen LogP contribution in [0.5, 0.6) is 0 Å². The Morgan fingerprint density at radius 1 is 0.312 bits per heavy atom. The van der Waals surface area contributed by atoms with Crippen molar-refractivity contribution >= 4 is 23.5 Å². The number of carbonyl (C=O) groups excluding carboxylic acids is 4. The van der Waals surface area contributed by atoms with Crippen LogP contribution in [0.15, 0.2) is 158 Å². The highest BCUT2D eigenvalue weighted by molar-refractivity contribution is 6.10. The average molecular weight is 631 g/mol. The zero-order valence-corrected chi connectivity index (χ0v) is 25.9. The van der Waals surface area contributed by atoms with Gasteiger partial charge in [0.25, 0.3) is 0 Å².